The van der Waals surface area contributed by atoms with E-state index < -0.39 is 0 Å². The molecule has 1 aliphatic carbocycles. The Hall–Kier alpha value is -0.510. The molecule has 1 aliphatic rings. The average molecular weight is 250 g/mol. The Morgan fingerprint density at radius 3 is 2.59 bits per heavy atom. The van der Waals surface area contributed by atoms with Gasteiger partial charge in [-0.3, -0.25) is 0 Å². The number of rotatable bonds is 4. The SMILES string of the molecule is CSc1ccc(CNC2CCCCC2N)cc1. The summed E-state index contributed by atoms with van der Waals surface area (Å²) in [5, 5.41) is 3.59. The van der Waals surface area contributed by atoms with Gasteiger partial charge in [-0.15, -0.1) is 11.8 Å². The molecule has 0 radical (unpaired) electrons. The Bertz CT molecular complexity index is 337. The minimum atomic E-state index is 0.342. The van der Waals surface area contributed by atoms with Crippen molar-refractivity contribution in [3.8, 4) is 0 Å². The van der Waals surface area contributed by atoms with Crippen molar-refractivity contribution in [2.24, 2.45) is 5.73 Å². The van der Waals surface area contributed by atoms with Crippen molar-refractivity contribution in [1.82, 2.24) is 5.32 Å². The highest BCUT2D eigenvalue weighted by molar-refractivity contribution is 7.98. The first-order chi connectivity index (χ1) is 8.29. The van der Waals surface area contributed by atoms with Crippen molar-refractivity contribution in [2.75, 3.05) is 6.26 Å². The lowest BCUT2D eigenvalue weighted by Gasteiger charge is -2.29. The van der Waals surface area contributed by atoms with E-state index in [1.807, 2.05) is 0 Å². The number of hydrogen-bond donors (Lipinski definition) is 2. The fraction of sp³-hybridized carbons (Fsp3) is 0.571. The second kappa shape index (κ2) is 6.43. The maximum atomic E-state index is 6.12. The van der Waals surface area contributed by atoms with Crippen LogP contribution in [0.4, 0.5) is 0 Å². The van der Waals surface area contributed by atoms with Gasteiger partial charge in [0, 0.05) is 23.5 Å². The van der Waals surface area contributed by atoms with Gasteiger partial charge >= 0.3 is 0 Å². The Morgan fingerprint density at radius 1 is 1.24 bits per heavy atom. The maximum Gasteiger partial charge on any atom is 0.0222 e. The van der Waals surface area contributed by atoms with Gasteiger partial charge in [-0.05, 0) is 36.8 Å². The molecule has 1 aromatic rings. The first-order valence-electron chi connectivity index (χ1n) is 6.41. The van der Waals surface area contributed by atoms with Crippen molar-refractivity contribution < 1.29 is 0 Å². The van der Waals surface area contributed by atoms with Gasteiger partial charge in [0.05, 0.1) is 0 Å². The van der Waals surface area contributed by atoms with Crippen LogP contribution in [-0.4, -0.2) is 18.3 Å². The van der Waals surface area contributed by atoms with Gasteiger partial charge in [-0.2, -0.15) is 0 Å². The topological polar surface area (TPSA) is 38.0 Å². The third-order valence-electron chi connectivity index (χ3n) is 3.55. The van der Waals surface area contributed by atoms with E-state index >= 15 is 0 Å². The molecule has 2 atom stereocenters. The number of nitrogens with two attached hydrogens (primary N) is 1. The molecule has 0 aromatic heterocycles. The van der Waals surface area contributed by atoms with E-state index in [0.29, 0.717) is 12.1 Å². The van der Waals surface area contributed by atoms with E-state index in [2.05, 4.69) is 35.8 Å². The second-order valence-corrected chi connectivity index (χ2v) is 5.66. The van der Waals surface area contributed by atoms with Gasteiger partial charge in [0.15, 0.2) is 0 Å². The molecule has 3 heteroatoms. The summed E-state index contributed by atoms with van der Waals surface area (Å²) in [6, 6.07) is 9.61. The first kappa shape index (κ1) is 12.9. The molecular weight excluding hydrogens is 228 g/mol. The highest BCUT2D eigenvalue weighted by atomic mass is 32.2. The molecule has 2 unspecified atom stereocenters. The quantitative estimate of drug-likeness (QED) is 0.807. The highest BCUT2D eigenvalue weighted by Crippen LogP contribution is 2.18. The minimum Gasteiger partial charge on any atom is -0.326 e. The molecule has 3 N–H and O–H groups in total. The van der Waals surface area contributed by atoms with Gasteiger partial charge in [-0.1, -0.05) is 25.0 Å². The van der Waals surface area contributed by atoms with Crippen molar-refractivity contribution in [3.63, 3.8) is 0 Å². The molecule has 0 aliphatic heterocycles. The Morgan fingerprint density at radius 2 is 1.94 bits per heavy atom. The summed E-state index contributed by atoms with van der Waals surface area (Å²) in [5.41, 5.74) is 7.47. The average Bonchev–Trinajstić information content (AvgIpc) is 2.38. The zero-order valence-electron chi connectivity index (χ0n) is 10.5. The minimum absolute atomic E-state index is 0.342. The van der Waals surface area contributed by atoms with Crippen LogP contribution >= 0.6 is 11.8 Å². The lowest BCUT2D eigenvalue weighted by molar-refractivity contribution is 0.326. The third kappa shape index (κ3) is 3.73. The van der Waals surface area contributed by atoms with Crippen molar-refractivity contribution in [2.45, 2.75) is 49.2 Å². The molecule has 0 heterocycles. The number of thioether (sulfide) groups is 1. The monoisotopic (exact) mass is 250 g/mol. The summed E-state index contributed by atoms with van der Waals surface area (Å²) in [6.07, 6.45) is 7.11. The zero-order valence-corrected chi connectivity index (χ0v) is 11.3. The van der Waals surface area contributed by atoms with E-state index in [1.54, 1.807) is 11.8 Å². The van der Waals surface area contributed by atoms with Crippen LogP contribution in [0.3, 0.4) is 0 Å². The second-order valence-electron chi connectivity index (χ2n) is 4.78. The fourth-order valence-corrected chi connectivity index (χ4v) is 2.81. The normalized spacial score (nSPS) is 24.8. The van der Waals surface area contributed by atoms with Crippen molar-refractivity contribution in [3.05, 3.63) is 29.8 Å². The van der Waals surface area contributed by atoms with Crippen molar-refractivity contribution >= 4 is 11.8 Å². The van der Waals surface area contributed by atoms with Gasteiger partial charge < -0.3 is 11.1 Å². The van der Waals surface area contributed by atoms with Gasteiger partial charge in [0.25, 0.3) is 0 Å². The largest absolute Gasteiger partial charge is 0.326 e. The van der Waals surface area contributed by atoms with Crippen LogP contribution in [0.5, 0.6) is 0 Å². The Kier molecular flexibility index (Phi) is 4.89. The van der Waals surface area contributed by atoms with E-state index in [-0.39, 0.29) is 0 Å². The van der Waals surface area contributed by atoms with E-state index in [9.17, 15) is 0 Å². The Labute approximate surface area is 108 Å². The molecule has 0 spiro atoms. The highest BCUT2D eigenvalue weighted by Gasteiger charge is 2.20. The molecule has 17 heavy (non-hydrogen) atoms. The van der Waals surface area contributed by atoms with Crippen molar-refractivity contribution in [1.29, 1.82) is 0 Å². The smallest absolute Gasteiger partial charge is 0.0222 e. The summed E-state index contributed by atoms with van der Waals surface area (Å²) in [7, 11) is 0. The first-order valence-corrected chi connectivity index (χ1v) is 7.64. The van der Waals surface area contributed by atoms with Crippen LogP contribution in [0.15, 0.2) is 29.2 Å². The molecule has 2 nitrogen and oxygen atoms in total. The van der Waals surface area contributed by atoms with Gasteiger partial charge in [0.1, 0.15) is 0 Å². The molecule has 0 amide bonds. The van der Waals surface area contributed by atoms with Crippen LogP contribution in [0.25, 0.3) is 0 Å². The van der Waals surface area contributed by atoms with Crippen LogP contribution in [0, 0.1) is 0 Å². The summed E-state index contributed by atoms with van der Waals surface area (Å²) in [5.74, 6) is 0. The Balaban J connectivity index is 1.84. The zero-order chi connectivity index (χ0) is 12.1. The summed E-state index contributed by atoms with van der Waals surface area (Å²) < 4.78 is 0. The summed E-state index contributed by atoms with van der Waals surface area (Å²) in [6.45, 7) is 0.938. The van der Waals surface area contributed by atoms with E-state index in [1.165, 1.54) is 36.1 Å². The molecule has 94 valence electrons. The fourth-order valence-electron chi connectivity index (χ4n) is 2.41. The number of benzene rings is 1. The number of hydrogen-bond acceptors (Lipinski definition) is 3. The van der Waals surface area contributed by atoms with E-state index in [4.69, 9.17) is 5.73 Å². The predicted molar refractivity (Wildman–Crippen MR) is 75.3 cm³/mol. The predicted octanol–water partition coefficient (Wildman–Crippen LogP) is 2.77. The third-order valence-corrected chi connectivity index (χ3v) is 4.29. The van der Waals surface area contributed by atoms with E-state index in [0.717, 1.165) is 6.54 Å². The molecular formula is C14H22N2S. The molecule has 0 saturated heterocycles. The van der Waals surface area contributed by atoms with Gasteiger partial charge in [-0.25, -0.2) is 0 Å². The lowest BCUT2D eigenvalue weighted by atomic mass is 9.91. The standard InChI is InChI=1S/C14H22N2S/c1-17-12-8-6-11(7-9-12)10-16-14-5-3-2-4-13(14)15/h6-9,13-14,16H,2-5,10,15H2,1H3. The maximum absolute atomic E-state index is 6.12. The van der Waals surface area contributed by atoms with Crippen LogP contribution < -0.4 is 11.1 Å². The van der Waals surface area contributed by atoms with Gasteiger partial charge in [0.2, 0.25) is 0 Å². The molecule has 1 aromatic carbocycles. The van der Waals surface area contributed by atoms with Crippen LogP contribution in [0.1, 0.15) is 31.2 Å². The lowest BCUT2D eigenvalue weighted by Crippen LogP contribution is -2.46. The van der Waals surface area contributed by atoms with Crippen LogP contribution in [-0.2, 0) is 6.54 Å². The summed E-state index contributed by atoms with van der Waals surface area (Å²) >= 11 is 1.78. The summed E-state index contributed by atoms with van der Waals surface area (Å²) in [4.78, 5) is 1.32. The van der Waals surface area contributed by atoms with Crippen LogP contribution in [0.2, 0.25) is 0 Å². The number of nitrogens with one attached hydrogen (secondary N) is 1. The molecule has 1 saturated carbocycles. The molecule has 0 bridgehead atoms. The molecule has 2 rings (SSSR count). The molecule has 1 fully saturated rings.